The van der Waals surface area contributed by atoms with Gasteiger partial charge in [0.1, 0.15) is 0 Å². The lowest BCUT2D eigenvalue weighted by atomic mass is 10.1. The van der Waals surface area contributed by atoms with Gasteiger partial charge in [-0.1, -0.05) is 24.3 Å². The van der Waals surface area contributed by atoms with Crippen molar-refractivity contribution in [1.82, 2.24) is 15.2 Å². The van der Waals surface area contributed by atoms with Crippen LogP contribution in [0.15, 0.2) is 59.7 Å². The van der Waals surface area contributed by atoms with Crippen LogP contribution in [0.4, 0.5) is 5.69 Å². The first-order valence-electron chi connectivity index (χ1n) is 9.13. The highest BCUT2D eigenvalue weighted by atomic mass is 16.2. The first-order chi connectivity index (χ1) is 13.4. The van der Waals surface area contributed by atoms with E-state index in [0.717, 1.165) is 28.2 Å². The molecule has 0 aliphatic carbocycles. The van der Waals surface area contributed by atoms with E-state index in [1.54, 1.807) is 12.3 Å². The summed E-state index contributed by atoms with van der Waals surface area (Å²) in [7, 11) is 3.98. The molecule has 0 saturated heterocycles. The minimum Gasteiger partial charge on any atom is -0.378 e. The van der Waals surface area contributed by atoms with Gasteiger partial charge in [0.25, 0.3) is 5.91 Å². The predicted octanol–water partition coefficient (Wildman–Crippen LogP) is 3.38. The van der Waals surface area contributed by atoms with Gasteiger partial charge >= 0.3 is 0 Å². The normalized spacial score (nSPS) is 11.0. The zero-order valence-electron chi connectivity index (χ0n) is 16.7. The summed E-state index contributed by atoms with van der Waals surface area (Å²) in [5, 5.41) is 8.54. The van der Waals surface area contributed by atoms with Gasteiger partial charge in [-0.2, -0.15) is 10.2 Å². The molecule has 1 aromatic heterocycles. The molecule has 2 aromatic carbocycles. The fourth-order valence-corrected chi connectivity index (χ4v) is 2.91. The summed E-state index contributed by atoms with van der Waals surface area (Å²) in [4.78, 5) is 14.4. The number of nitrogens with one attached hydrogen (secondary N) is 1. The monoisotopic (exact) mass is 375 g/mol. The predicted molar refractivity (Wildman–Crippen MR) is 113 cm³/mol. The molecule has 1 heterocycles. The number of hydrogen-bond donors (Lipinski definition) is 1. The molecule has 1 amide bonds. The van der Waals surface area contributed by atoms with Gasteiger partial charge in [-0.15, -0.1) is 0 Å². The fraction of sp³-hybridized carbons (Fsp3) is 0.227. The average Bonchev–Trinajstić information content (AvgIpc) is 2.99. The van der Waals surface area contributed by atoms with Crippen LogP contribution in [0.3, 0.4) is 0 Å². The van der Waals surface area contributed by atoms with Crippen molar-refractivity contribution >= 4 is 17.8 Å². The highest BCUT2D eigenvalue weighted by Gasteiger charge is 2.07. The molecule has 0 radical (unpaired) electrons. The van der Waals surface area contributed by atoms with Crippen molar-refractivity contribution < 1.29 is 4.79 Å². The van der Waals surface area contributed by atoms with Crippen LogP contribution in [0, 0.1) is 13.8 Å². The van der Waals surface area contributed by atoms with Crippen LogP contribution in [0.25, 0.3) is 0 Å². The van der Waals surface area contributed by atoms with Crippen LogP contribution in [0.5, 0.6) is 0 Å². The molecular weight excluding hydrogens is 350 g/mol. The first-order valence-corrected chi connectivity index (χ1v) is 9.13. The highest BCUT2D eigenvalue weighted by molar-refractivity contribution is 5.95. The molecule has 28 heavy (non-hydrogen) atoms. The third-order valence-electron chi connectivity index (χ3n) is 4.41. The van der Waals surface area contributed by atoms with Crippen molar-refractivity contribution in [3.63, 3.8) is 0 Å². The lowest BCUT2D eigenvalue weighted by molar-refractivity contribution is 0.0955. The van der Waals surface area contributed by atoms with E-state index in [1.165, 1.54) is 0 Å². The number of carbonyl (C=O) groups excluding carboxylic acids is 1. The smallest absolute Gasteiger partial charge is 0.271 e. The quantitative estimate of drug-likeness (QED) is 0.531. The summed E-state index contributed by atoms with van der Waals surface area (Å²) in [5.74, 6) is -0.239. The van der Waals surface area contributed by atoms with Crippen LogP contribution in [-0.4, -0.2) is 36.0 Å². The summed E-state index contributed by atoms with van der Waals surface area (Å²) in [6.07, 6.45) is 1.64. The van der Waals surface area contributed by atoms with E-state index in [4.69, 9.17) is 0 Å². The number of nitrogens with zero attached hydrogens (tertiary/aromatic N) is 4. The molecule has 0 bridgehead atoms. The van der Waals surface area contributed by atoms with Gasteiger partial charge in [-0.25, -0.2) is 5.43 Å². The minimum absolute atomic E-state index is 0.239. The maximum Gasteiger partial charge on any atom is 0.271 e. The molecular formula is C22H25N5O. The van der Waals surface area contributed by atoms with E-state index in [9.17, 15) is 4.79 Å². The van der Waals surface area contributed by atoms with Gasteiger partial charge in [-0.05, 0) is 55.3 Å². The van der Waals surface area contributed by atoms with Crippen molar-refractivity contribution in [3.05, 3.63) is 82.7 Å². The molecule has 3 aromatic rings. The molecule has 0 aliphatic heterocycles. The van der Waals surface area contributed by atoms with Crippen molar-refractivity contribution in [2.24, 2.45) is 5.10 Å². The van der Waals surface area contributed by atoms with E-state index in [0.29, 0.717) is 12.1 Å². The molecule has 3 rings (SSSR count). The van der Waals surface area contributed by atoms with E-state index in [1.807, 2.05) is 86.1 Å². The Balaban J connectivity index is 1.63. The topological polar surface area (TPSA) is 62.5 Å². The maximum absolute atomic E-state index is 12.4. The van der Waals surface area contributed by atoms with Crippen LogP contribution < -0.4 is 10.3 Å². The largest absolute Gasteiger partial charge is 0.378 e. The molecule has 0 atom stereocenters. The van der Waals surface area contributed by atoms with Crippen LogP contribution >= 0.6 is 0 Å². The van der Waals surface area contributed by atoms with E-state index < -0.39 is 0 Å². The minimum atomic E-state index is -0.239. The molecule has 0 fully saturated rings. The second-order valence-corrected chi connectivity index (χ2v) is 6.97. The van der Waals surface area contributed by atoms with Crippen LogP contribution in [-0.2, 0) is 6.54 Å². The zero-order valence-corrected chi connectivity index (χ0v) is 16.7. The molecule has 6 heteroatoms. The number of aromatic nitrogens is 2. The van der Waals surface area contributed by atoms with Crippen molar-refractivity contribution in [3.8, 4) is 0 Å². The third kappa shape index (κ3) is 4.85. The number of hydrogen-bond acceptors (Lipinski definition) is 4. The summed E-state index contributed by atoms with van der Waals surface area (Å²) in [5.41, 5.74) is 8.29. The number of amides is 1. The zero-order chi connectivity index (χ0) is 20.1. The van der Waals surface area contributed by atoms with E-state index in [2.05, 4.69) is 15.6 Å². The second-order valence-electron chi connectivity index (χ2n) is 6.97. The number of carbonyl (C=O) groups is 1. The average molecular weight is 375 g/mol. The molecule has 1 N–H and O–H groups in total. The summed E-state index contributed by atoms with van der Waals surface area (Å²) >= 11 is 0. The van der Waals surface area contributed by atoms with Gasteiger partial charge in [0, 0.05) is 31.0 Å². The summed E-state index contributed by atoms with van der Waals surface area (Å²) in [6, 6.07) is 17.5. The third-order valence-corrected chi connectivity index (χ3v) is 4.41. The number of rotatable bonds is 6. The second kappa shape index (κ2) is 8.52. The van der Waals surface area contributed by atoms with Gasteiger partial charge in [0.15, 0.2) is 0 Å². The van der Waals surface area contributed by atoms with Gasteiger partial charge in [0.05, 0.1) is 18.5 Å². The Hall–Kier alpha value is -3.41. The van der Waals surface area contributed by atoms with E-state index >= 15 is 0 Å². The Kier molecular flexibility index (Phi) is 5.89. The highest BCUT2D eigenvalue weighted by Crippen LogP contribution is 2.12. The molecule has 0 spiro atoms. The lowest BCUT2D eigenvalue weighted by Gasteiger charge is -2.11. The Bertz CT molecular complexity index is 986. The Morgan fingerprint density at radius 2 is 1.89 bits per heavy atom. The van der Waals surface area contributed by atoms with Crippen molar-refractivity contribution in [1.29, 1.82) is 0 Å². The molecule has 0 unspecified atom stereocenters. The molecule has 0 saturated carbocycles. The van der Waals surface area contributed by atoms with Gasteiger partial charge < -0.3 is 4.90 Å². The van der Waals surface area contributed by atoms with Gasteiger partial charge in [0.2, 0.25) is 0 Å². The maximum atomic E-state index is 12.4. The van der Waals surface area contributed by atoms with Crippen LogP contribution in [0.1, 0.15) is 32.9 Å². The first kappa shape index (κ1) is 19.4. The number of benzene rings is 2. The Morgan fingerprint density at radius 1 is 1.14 bits per heavy atom. The van der Waals surface area contributed by atoms with Gasteiger partial charge in [-0.3, -0.25) is 9.48 Å². The van der Waals surface area contributed by atoms with E-state index in [-0.39, 0.29) is 5.91 Å². The number of hydrazone groups is 1. The summed E-state index contributed by atoms with van der Waals surface area (Å²) in [6.45, 7) is 4.62. The molecule has 144 valence electrons. The Labute approximate surface area is 165 Å². The summed E-state index contributed by atoms with van der Waals surface area (Å²) < 4.78 is 1.93. The lowest BCUT2D eigenvalue weighted by Crippen LogP contribution is -2.18. The number of aryl methyl sites for hydroxylation is 2. The molecule has 6 nitrogen and oxygen atoms in total. The van der Waals surface area contributed by atoms with Crippen LogP contribution in [0.2, 0.25) is 0 Å². The number of anilines is 1. The van der Waals surface area contributed by atoms with Crippen molar-refractivity contribution in [2.75, 3.05) is 19.0 Å². The standard InChI is InChI=1S/C22H25N5O/c1-16-12-17(2)27(25-16)15-19-6-5-7-20(13-19)22(28)24-23-14-18-8-10-21(11-9-18)26(3)4/h5-14H,15H2,1-4H3,(H,24,28)/b23-14-. The Morgan fingerprint density at radius 3 is 2.54 bits per heavy atom. The molecule has 0 aliphatic rings. The fourth-order valence-electron chi connectivity index (χ4n) is 2.91. The van der Waals surface area contributed by atoms with Crippen molar-refractivity contribution in [2.45, 2.75) is 20.4 Å². The SMILES string of the molecule is Cc1cc(C)n(Cc2cccc(C(=O)N/N=C\c3ccc(N(C)C)cc3)c2)n1.